The average Bonchev–Trinajstić information content (AvgIpc) is 2.56. The molecule has 0 amide bonds. The first-order chi connectivity index (χ1) is 13.1. The molecule has 1 aromatic rings. The third-order valence-electron chi connectivity index (χ3n) is 6.99. The molecule has 2 N–H and O–H groups in total. The third-order valence-corrected chi connectivity index (χ3v) is 6.99. The molecule has 2 rings (SSSR count). The highest BCUT2D eigenvalue weighted by Gasteiger charge is 2.38. The Balaban J connectivity index is 2.24. The maximum absolute atomic E-state index is 10.4. The van der Waals surface area contributed by atoms with Gasteiger partial charge in [-0.15, -0.1) is 0 Å². The molecule has 0 radical (unpaired) electrons. The molecule has 2 atom stereocenters. The second-order valence-corrected chi connectivity index (χ2v) is 10.5. The first kappa shape index (κ1) is 24.2. The van der Waals surface area contributed by atoms with Gasteiger partial charge in [-0.25, -0.2) is 0 Å². The molecule has 4 nitrogen and oxygen atoms in total. The SMILES string of the molecule is CC1C=Cc2c(BOC(C)(C)C(C)(C)O)cccc2C1BOC(C)(C)C(C)(C)O. The van der Waals surface area contributed by atoms with Gasteiger partial charge >= 0.3 is 7.48 Å². The van der Waals surface area contributed by atoms with Crippen LogP contribution >= 0.6 is 0 Å². The summed E-state index contributed by atoms with van der Waals surface area (Å²) >= 11 is 0. The number of hydrogen-bond donors (Lipinski definition) is 2. The van der Waals surface area contributed by atoms with Crippen LogP contribution in [-0.4, -0.2) is 47.6 Å². The van der Waals surface area contributed by atoms with Crippen molar-refractivity contribution in [1.82, 2.24) is 0 Å². The summed E-state index contributed by atoms with van der Waals surface area (Å²) in [6.45, 7) is 17.0. The lowest BCUT2D eigenvalue weighted by atomic mass is 9.62. The predicted molar refractivity (Wildman–Crippen MR) is 124 cm³/mol. The number of hydrogen-bond acceptors (Lipinski definition) is 4. The zero-order valence-electron chi connectivity index (χ0n) is 19.7. The van der Waals surface area contributed by atoms with Crippen LogP contribution in [0.25, 0.3) is 6.08 Å². The number of allylic oxidation sites excluding steroid dienone is 1. The van der Waals surface area contributed by atoms with Gasteiger partial charge in [-0.2, -0.15) is 0 Å². The molecule has 0 fully saturated rings. The lowest BCUT2D eigenvalue weighted by Gasteiger charge is -2.40. The summed E-state index contributed by atoms with van der Waals surface area (Å²) in [5.74, 6) is 0.544. The summed E-state index contributed by atoms with van der Waals surface area (Å²) in [6, 6.07) is 6.30. The van der Waals surface area contributed by atoms with Crippen LogP contribution in [-0.2, 0) is 9.31 Å². The Labute approximate surface area is 178 Å². The smallest absolute Gasteiger partial charge is 0.310 e. The molecule has 0 aliphatic heterocycles. The van der Waals surface area contributed by atoms with E-state index in [2.05, 4.69) is 37.3 Å². The van der Waals surface area contributed by atoms with Gasteiger partial charge in [-0.05, 0) is 83.7 Å². The minimum atomic E-state index is -0.939. The minimum absolute atomic E-state index is 0.207. The Morgan fingerprint density at radius 3 is 1.97 bits per heavy atom. The van der Waals surface area contributed by atoms with E-state index in [0.29, 0.717) is 20.9 Å². The standard InChI is InChI=1S/C23H38B2O4/c1-15-13-14-16-17(19(15)25-29-23(8,9)21(4,5)27)11-10-12-18(16)24-28-22(6,7)20(2,3)26/h10-15,19,24-27H,1-9H3. The molecule has 0 spiro atoms. The fourth-order valence-corrected chi connectivity index (χ4v) is 3.10. The maximum Gasteiger partial charge on any atom is 0.310 e. The van der Waals surface area contributed by atoms with Crippen LogP contribution < -0.4 is 5.46 Å². The number of benzene rings is 1. The van der Waals surface area contributed by atoms with Gasteiger partial charge in [0.2, 0.25) is 0 Å². The molecular weight excluding hydrogens is 362 g/mol. The van der Waals surface area contributed by atoms with E-state index in [0.717, 1.165) is 5.46 Å². The summed E-state index contributed by atoms with van der Waals surface area (Å²) in [5, 5.41) is 20.8. The molecule has 160 valence electrons. The topological polar surface area (TPSA) is 58.9 Å². The summed E-state index contributed by atoms with van der Waals surface area (Å²) < 4.78 is 12.3. The van der Waals surface area contributed by atoms with Crippen molar-refractivity contribution in [2.45, 2.75) is 90.5 Å². The zero-order chi connectivity index (χ0) is 22.3. The van der Waals surface area contributed by atoms with Crippen molar-refractivity contribution in [2.75, 3.05) is 0 Å². The van der Waals surface area contributed by atoms with Crippen molar-refractivity contribution < 1.29 is 19.5 Å². The van der Waals surface area contributed by atoms with Crippen molar-refractivity contribution in [2.24, 2.45) is 5.92 Å². The molecule has 6 heteroatoms. The van der Waals surface area contributed by atoms with Gasteiger partial charge in [0, 0.05) is 0 Å². The molecule has 0 heterocycles. The largest absolute Gasteiger partial charge is 0.431 e. The van der Waals surface area contributed by atoms with E-state index in [1.54, 1.807) is 27.7 Å². The van der Waals surface area contributed by atoms with Crippen LogP contribution in [0.15, 0.2) is 24.3 Å². The maximum atomic E-state index is 10.4. The molecule has 0 saturated heterocycles. The third kappa shape index (κ3) is 5.35. The Kier molecular flexibility index (Phi) is 6.86. The van der Waals surface area contributed by atoms with Gasteiger partial charge in [0.05, 0.1) is 22.4 Å². The number of rotatable bonds is 8. The monoisotopic (exact) mass is 400 g/mol. The van der Waals surface area contributed by atoms with E-state index in [1.165, 1.54) is 11.1 Å². The molecule has 1 aliphatic rings. The van der Waals surface area contributed by atoms with E-state index in [1.807, 2.05) is 27.7 Å². The average molecular weight is 400 g/mol. The second-order valence-electron chi connectivity index (χ2n) is 10.5. The first-order valence-electron chi connectivity index (χ1n) is 10.6. The normalized spacial score (nSPS) is 20.4. The Morgan fingerprint density at radius 2 is 1.41 bits per heavy atom. The van der Waals surface area contributed by atoms with Crippen LogP contribution in [0.5, 0.6) is 0 Å². The van der Waals surface area contributed by atoms with Crippen molar-refractivity contribution in [3.05, 3.63) is 35.4 Å². The van der Waals surface area contributed by atoms with Gasteiger partial charge in [0.25, 0.3) is 7.48 Å². The van der Waals surface area contributed by atoms with Gasteiger partial charge in [-0.3, -0.25) is 0 Å². The lowest BCUT2D eigenvalue weighted by Crippen LogP contribution is -2.49. The van der Waals surface area contributed by atoms with Crippen molar-refractivity contribution in [3.8, 4) is 0 Å². The highest BCUT2D eigenvalue weighted by molar-refractivity contribution is 6.48. The van der Waals surface area contributed by atoms with E-state index in [-0.39, 0.29) is 5.82 Å². The quantitative estimate of drug-likeness (QED) is 0.660. The van der Waals surface area contributed by atoms with E-state index < -0.39 is 22.4 Å². The molecule has 1 aromatic carbocycles. The van der Waals surface area contributed by atoms with Crippen LogP contribution in [0, 0.1) is 5.92 Å². The van der Waals surface area contributed by atoms with E-state index >= 15 is 0 Å². The van der Waals surface area contributed by atoms with Crippen LogP contribution in [0.1, 0.15) is 79.3 Å². The molecule has 29 heavy (non-hydrogen) atoms. The van der Waals surface area contributed by atoms with Crippen LogP contribution in [0.3, 0.4) is 0 Å². The van der Waals surface area contributed by atoms with E-state index in [4.69, 9.17) is 9.31 Å². The molecule has 2 unspecified atom stereocenters. The Bertz CT molecular complexity index is 742. The fraction of sp³-hybridized carbons (Fsp3) is 0.652. The summed E-state index contributed by atoms with van der Waals surface area (Å²) in [5.41, 5.74) is 0.342. The van der Waals surface area contributed by atoms with Crippen LogP contribution in [0.2, 0.25) is 0 Å². The summed E-state index contributed by atoms with van der Waals surface area (Å²) in [6.07, 6.45) is 4.39. The van der Waals surface area contributed by atoms with Gasteiger partial charge in [-0.1, -0.05) is 37.3 Å². The lowest BCUT2D eigenvalue weighted by molar-refractivity contribution is -0.0912. The fourth-order valence-electron chi connectivity index (χ4n) is 3.10. The first-order valence-corrected chi connectivity index (χ1v) is 10.6. The van der Waals surface area contributed by atoms with Crippen molar-refractivity contribution in [1.29, 1.82) is 0 Å². The van der Waals surface area contributed by atoms with Crippen LogP contribution in [0.4, 0.5) is 0 Å². The molecule has 1 aliphatic carbocycles. The highest BCUT2D eigenvalue weighted by Crippen LogP contribution is 2.35. The highest BCUT2D eigenvalue weighted by atomic mass is 16.5. The molecule has 0 bridgehead atoms. The van der Waals surface area contributed by atoms with Gasteiger partial charge in [0.15, 0.2) is 0 Å². The summed E-state index contributed by atoms with van der Waals surface area (Å²) in [7, 11) is 0.969. The molecule has 0 aromatic heterocycles. The zero-order valence-corrected chi connectivity index (χ0v) is 19.7. The molecule has 0 saturated carbocycles. The predicted octanol–water partition coefficient (Wildman–Crippen LogP) is 2.85. The number of fused-ring (bicyclic) bond motifs is 1. The summed E-state index contributed by atoms with van der Waals surface area (Å²) in [4.78, 5) is 0. The van der Waals surface area contributed by atoms with Gasteiger partial charge < -0.3 is 19.5 Å². The van der Waals surface area contributed by atoms with Gasteiger partial charge in [0.1, 0.15) is 0 Å². The minimum Gasteiger partial charge on any atom is -0.431 e. The Morgan fingerprint density at radius 1 is 0.862 bits per heavy atom. The van der Waals surface area contributed by atoms with E-state index in [9.17, 15) is 10.2 Å². The number of aliphatic hydroxyl groups is 2. The van der Waals surface area contributed by atoms with Crippen molar-refractivity contribution >= 4 is 26.5 Å². The van der Waals surface area contributed by atoms with Crippen molar-refractivity contribution in [3.63, 3.8) is 0 Å². The molecular formula is C23H38B2O4. The second kappa shape index (κ2) is 8.22. The Hall–Kier alpha value is -1.07.